The van der Waals surface area contributed by atoms with Crippen molar-refractivity contribution in [2.75, 3.05) is 11.0 Å². The van der Waals surface area contributed by atoms with Gasteiger partial charge >= 0.3 is 5.69 Å². The van der Waals surface area contributed by atoms with E-state index in [1.807, 2.05) is 43.3 Å². The normalized spacial score (nSPS) is 17.7. The van der Waals surface area contributed by atoms with Gasteiger partial charge in [-0.05, 0) is 43.0 Å². The molecule has 2 unspecified atom stereocenters. The van der Waals surface area contributed by atoms with Crippen molar-refractivity contribution >= 4 is 32.8 Å². The van der Waals surface area contributed by atoms with E-state index in [1.165, 1.54) is 0 Å². The number of nitrogens with zero attached hydrogens (tertiary/aromatic N) is 2. The molecule has 0 amide bonds. The predicted molar refractivity (Wildman–Crippen MR) is 122 cm³/mol. The average molecular weight is 443 g/mol. The highest BCUT2D eigenvalue weighted by Crippen LogP contribution is 2.24. The molecule has 3 N–H and O–H groups in total. The van der Waals surface area contributed by atoms with Gasteiger partial charge in [0.05, 0.1) is 17.5 Å². The molecule has 0 saturated carbocycles. The summed E-state index contributed by atoms with van der Waals surface area (Å²) in [5, 5.41) is 13.6. The van der Waals surface area contributed by atoms with Crippen LogP contribution in [0.1, 0.15) is 24.5 Å². The first-order valence-corrected chi connectivity index (χ1v) is 12.1. The first-order chi connectivity index (χ1) is 14.7. The van der Waals surface area contributed by atoms with Gasteiger partial charge in [0.25, 0.3) is 0 Å². The van der Waals surface area contributed by atoms with E-state index in [9.17, 15) is 18.4 Å². The number of sulfonamides is 1. The molecular formula is C22H26N4O4S. The molecule has 2 heterocycles. The van der Waals surface area contributed by atoms with Crippen molar-refractivity contribution < 1.29 is 13.6 Å². The summed E-state index contributed by atoms with van der Waals surface area (Å²) >= 11 is 0. The molecule has 0 fully saturated rings. The number of nitrogens with one attached hydrogen (secondary N) is 2. The lowest BCUT2D eigenvalue weighted by molar-refractivity contribution is 0.184. The van der Waals surface area contributed by atoms with E-state index < -0.39 is 15.7 Å². The standard InChI is InChI=1S/C22H26N4O4S/c1-15(10-11-16-6-3-4-8-19(16)24-31(2,29)30)23-18-12-13-25-21-17(14-18)7-5-9-20(21)26(28)22(25)27/h3-11,15,18,23-24,28H,12-14H2,1-2H3. The minimum Gasteiger partial charge on any atom is -0.424 e. The second-order valence-corrected chi connectivity index (χ2v) is 9.74. The molecule has 0 bridgehead atoms. The Labute approximate surface area is 180 Å². The SMILES string of the molecule is CC(C=Cc1ccccc1NS(C)(=O)=O)NC1CCn2c(=O)n(O)c3cccc(c32)C1. The van der Waals surface area contributed by atoms with E-state index >= 15 is 0 Å². The highest BCUT2D eigenvalue weighted by molar-refractivity contribution is 7.92. The molecule has 2 atom stereocenters. The molecule has 0 aliphatic carbocycles. The number of hydrogen-bond acceptors (Lipinski definition) is 5. The van der Waals surface area contributed by atoms with E-state index in [-0.39, 0.29) is 12.1 Å². The lowest BCUT2D eigenvalue weighted by Crippen LogP contribution is -2.37. The Morgan fingerprint density at radius 2 is 1.97 bits per heavy atom. The van der Waals surface area contributed by atoms with Crippen molar-refractivity contribution in [2.24, 2.45) is 0 Å². The Kier molecular flexibility index (Phi) is 5.63. The maximum absolute atomic E-state index is 12.4. The summed E-state index contributed by atoms with van der Waals surface area (Å²) in [6, 6.07) is 13.0. The van der Waals surface area contributed by atoms with Crippen LogP contribution in [0.4, 0.5) is 5.69 Å². The highest BCUT2D eigenvalue weighted by atomic mass is 32.2. The molecule has 9 heteroatoms. The van der Waals surface area contributed by atoms with Gasteiger partial charge in [-0.1, -0.05) is 42.5 Å². The average Bonchev–Trinajstić information content (AvgIpc) is 2.85. The Bertz CT molecular complexity index is 1310. The summed E-state index contributed by atoms with van der Waals surface area (Å²) in [5.74, 6) is 0. The van der Waals surface area contributed by atoms with Crippen LogP contribution in [0.2, 0.25) is 0 Å². The van der Waals surface area contributed by atoms with Gasteiger partial charge in [0.2, 0.25) is 10.0 Å². The van der Waals surface area contributed by atoms with Crippen LogP contribution >= 0.6 is 0 Å². The lowest BCUT2D eigenvalue weighted by atomic mass is 10.0. The number of benzene rings is 2. The molecule has 1 aliphatic heterocycles. The van der Waals surface area contributed by atoms with E-state index in [2.05, 4.69) is 10.0 Å². The summed E-state index contributed by atoms with van der Waals surface area (Å²) in [7, 11) is -3.36. The topological polar surface area (TPSA) is 105 Å². The molecule has 1 aliphatic rings. The fourth-order valence-electron chi connectivity index (χ4n) is 4.15. The molecule has 3 aromatic rings. The number of aryl methyl sites for hydroxylation is 1. The number of imidazole rings is 1. The van der Waals surface area contributed by atoms with Crippen LogP contribution < -0.4 is 15.7 Å². The van der Waals surface area contributed by atoms with E-state index in [0.29, 0.717) is 17.7 Å². The van der Waals surface area contributed by atoms with Gasteiger partial charge in [-0.25, -0.2) is 13.2 Å². The van der Waals surface area contributed by atoms with E-state index in [0.717, 1.165) is 40.5 Å². The highest BCUT2D eigenvalue weighted by Gasteiger charge is 2.23. The van der Waals surface area contributed by atoms with E-state index in [1.54, 1.807) is 22.8 Å². The molecule has 2 aromatic carbocycles. The summed E-state index contributed by atoms with van der Waals surface area (Å²) in [4.78, 5) is 12.4. The van der Waals surface area contributed by atoms with Crippen molar-refractivity contribution in [3.8, 4) is 0 Å². The Morgan fingerprint density at radius 3 is 2.74 bits per heavy atom. The molecule has 1 aromatic heterocycles. The molecular weight excluding hydrogens is 416 g/mol. The molecule has 0 radical (unpaired) electrons. The minimum atomic E-state index is -3.36. The third-order valence-electron chi connectivity index (χ3n) is 5.50. The predicted octanol–water partition coefficient (Wildman–Crippen LogP) is 2.42. The van der Waals surface area contributed by atoms with Gasteiger partial charge in [0.15, 0.2) is 0 Å². The number of para-hydroxylation sites is 2. The van der Waals surface area contributed by atoms with Crippen LogP contribution in [0, 0.1) is 0 Å². The molecule has 8 nitrogen and oxygen atoms in total. The van der Waals surface area contributed by atoms with Crippen LogP contribution in [0.25, 0.3) is 17.1 Å². The smallest absolute Gasteiger partial charge is 0.361 e. The minimum absolute atomic E-state index is 0.0301. The van der Waals surface area contributed by atoms with Crippen LogP contribution in [0.15, 0.2) is 53.3 Å². The third kappa shape index (κ3) is 4.52. The van der Waals surface area contributed by atoms with Crippen LogP contribution in [-0.2, 0) is 23.0 Å². The summed E-state index contributed by atoms with van der Waals surface area (Å²) in [5.41, 5.74) is 3.26. The fourth-order valence-corrected chi connectivity index (χ4v) is 4.74. The summed E-state index contributed by atoms with van der Waals surface area (Å²) in [6.45, 7) is 2.56. The third-order valence-corrected chi connectivity index (χ3v) is 6.09. The molecule has 4 rings (SSSR count). The number of anilines is 1. The monoisotopic (exact) mass is 442 g/mol. The largest absolute Gasteiger partial charge is 0.424 e. The Hall–Kier alpha value is -3.04. The van der Waals surface area contributed by atoms with Crippen LogP contribution in [0.3, 0.4) is 0 Å². The number of aromatic nitrogens is 2. The van der Waals surface area contributed by atoms with Gasteiger partial charge < -0.3 is 10.5 Å². The summed E-state index contributed by atoms with van der Waals surface area (Å²) in [6.07, 6.45) is 6.51. The van der Waals surface area contributed by atoms with Crippen LogP contribution in [0.5, 0.6) is 0 Å². The maximum atomic E-state index is 12.4. The van der Waals surface area contributed by atoms with Gasteiger partial charge in [0, 0.05) is 18.6 Å². The zero-order valence-corrected chi connectivity index (χ0v) is 18.3. The molecule has 31 heavy (non-hydrogen) atoms. The van der Waals surface area contributed by atoms with Crippen molar-refractivity contribution in [3.63, 3.8) is 0 Å². The zero-order valence-electron chi connectivity index (χ0n) is 17.4. The zero-order chi connectivity index (χ0) is 22.2. The second-order valence-electron chi connectivity index (χ2n) is 8.00. The number of rotatable bonds is 6. The second kappa shape index (κ2) is 8.24. The molecule has 0 spiro atoms. The Balaban J connectivity index is 1.50. The van der Waals surface area contributed by atoms with Crippen molar-refractivity contribution in [1.29, 1.82) is 0 Å². The van der Waals surface area contributed by atoms with Crippen molar-refractivity contribution in [1.82, 2.24) is 14.6 Å². The van der Waals surface area contributed by atoms with Gasteiger partial charge in [0.1, 0.15) is 5.52 Å². The molecule has 0 saturated heterocycles. The van der Waals surface area contributed by atoms with Crippen molar-refractivity contribution in [3.05, 3.63) is 70.2 Å². The number of hydrogen-bond donors (Lipinski definition) is 3. The van der Waals surface area contributed by atoms with Gasteiger partial charge in [-0.15, -0.1) is 4.73 Å². The lowest BCUT2D eigenvalue weighted by Gasteiger charge is -2.20. The first-order valence-electron chi connectivity index (χ1n) is 10.2. The van der Waals surface area contributed by atoms with Gasteiger partial charge in [-0.2, -0.15) is 0 Å². The van der Waals surface area contributed by atoms with Crippen molar-refractivity contribution in [2.45, 2.75) is 38.4 Å². The van der Waals surface area contributed by atoms with E-state index in [4.69, 9.17) is 0 Å². The Morgan fingerprint density at radius 1 is 1.19 bits per heavy atom. The van der Waals surface area contributed by atoms with Gasteiger partial charge in [-0.3, -0.25) is 9.29 Å². The quantitative estimate of drug-likeness (QED) is 0.509. The first kappa shape index (κ1) is 21.2. The van der Waals surface area contributed by atoms with Crippen LogP contribution in [-0.4, -0.2) is 41.3 Å². The fraction of sp³-hybridized carbons (Fsp3) is 0.318. The maximum Gasteiger partial charge on any atom is 0.361 e. The molecule has 164 valence electrons. The summed E-state index contributed by atoms with van der Waals surface area (Å²) < 4.78 is 28.1.